The molecule has 0 aliphatic rings. The number of benzene rings is 1. The highest BCUT2D eigenvalue weighted by molar-refractivity contribution is 7.80. The molecule has 0 unspecified atom stereocenters. The number of nitrogens with zero attached hydrogens (tertiary/aromatic N) is 1. The summed E-state index contributed by atoms with van der Waals surface area (Å²) in [6.07, 6.45) is 4.47. The Morgan fingerprint density at radius 1 is 1.26 bits per heavy atom. The first-order valence-corrected chi connectivity index (χ1v) is 6.67. The minimum atomic E-state index is 0.364. The molecule has 3 nitrogen and oxygen atoms in total. The van der Waals surface area contributed by atoms with E-state index in [9.17, 15) is 0 Å². The Morgan fingerprint density at radius 2 is 2.00 bits per heavy atom. The number of nitrogens with one attached hydrogen (secondary N) is 1. The normalized spacial score (nSPS) is 10.2. The molecule has 3 N–H and O–H groups in total. The maximum atomic E-state index is 5.99. The molecule has 0 bridgehead atoms. The Morgan fingerprint density at radius 3 is 2.68 bits per heavy atom. The molecule has 0 atom stereocenters. The maximum absolute atomic E-state index is 5.99. The third-order valence-electron chi connectivity index (χ3n) is 2.73. The lowest BCUT2D eigenvalue weighted by Gasteiger charge is -2.11. The zero-order valence-electron chi connectivity index (χ0n) is 10.3. The number of anilines is 1. The molecule has 1 aromatic heterocycles. The lowest BCUT2D eigenvalue weighted by atomic mass is 10.1. The van der Waals surface area contributed by atoms with Gasteiger partial charge >= 0.3 is 0 Å². The van der Waals surface area contributed by atoms with Crippen LogP contribution in [0.15, 0.2) is 42.7 Å². The van der Waals surface area contributed by atoms with Gasteiger partial charge in [0.25, 0.3) is 0 Å². The lowest BCUT2D eigenvalue weighted by molar-refractivity contribution is 1.01. The van der Waals surface area contributed by atoms with Crippen molar-refractivity contribution in [2.24, 2.45) is 5.73 Å². The molecular formula is C14H14ClN3S. The Hall–Kier alpha value is -1.65. The van der Waals surface area contributed by atoms with Crippen molar-refractivity contribution in [1.82, 2.24) is 4.98 Å². The average Bonchev–Trinajstić information content (AvgIpc) is 2.39. The van der Waals surface area contributed by atoms with E-state index < -0.39 is 0 Å². The van der Waals surface area contributed by atoms with Crippen LogP contribution in [0.3, 0.4) is 0 Å². The highest BCUT2D eigenvalue weighted by atomic mass is 35.5. The van der Waals surface area contributed by atoms with Crippen LogP contribution in [0.1, 0.15) is 11.1 Å². The number of nitrogens with two attached hydrogens (primary N) is 1. The zero-order chi connectivity index (χ0) is 13.7. The molecule has 2 rings (SSSR count). The van der Waals surface area contributed by atoms with Gasteiger partial charge in [-0.25, -0.2) is 0 Å². The van der Waals surface area contributed by atoms with Gasteiger partial charge in [-0.3, -0.25) is 4.98 Å². The van der Waals surface area contributed by atoms with Crippen molar-refractivity contribution in [3.8, 4) is 0 Å². The number of thiocarbonyl (C=S) groups is 1. The molecule has 2 aromatic rings. The monoisotopic (exact) mass is 291 g/mol. The molecule has 5 heteroatoms. The Labute approximate surface area is 122 Å². The quantitative estimate of drug-likeness (QED) is 0.832. The van der Waals surface area contributed by atoms with Crippen molar-refractivity contribution in [2.75, 3.05) is 11.9 Å². The van der Waals surface area contributed by atoms with Gasteiger partial charge in [-0.2, -0.15) is 0 Å². The first-order chi connectivity index (χ1) is 9.16. The fraction of sp³-hybridized carbons (Fsp3) is 0.143. The zero-order valence-corrected chi connectivity index (χ0v) is 11.8. The molecule has 0 aliphatic heterocycles. The van der Waals surface area contributed by atoms with Crippen molar-refractivity contribution in [3.63, 3.8) is 0 Å². The maximum Gasteiger partial charge on any atom is 0.106 e. The molecule has 0 aliphatic carbocycles. The van der Waals surface area contributed by atoms with Crippen molar-refractivity contribution >= 4 is 34.5 Å². The van der Waals surface area contributed by atoms with E-state index in [1.54, 1.807) is 18.5 Å². The van der Waals surface area contributed by atoms with Crippen molar-refractivity contribution in [2.45, 2.75) is 6.42 Å². The molecule has 0 amide bonds. The van der Waals surface area contributed by atoms with Gasteiger partial charge < -0.3 is 11.1 Å². The van der Waals surface area contributed by atoms with Gasteiger partial charge in [-0.15, -0.1) is 0 Å². The summed E-state index contributed by atoms with van der Waals surface area (Å²) in [7, 11) is 0. The number of halogens is 1. The highest BCUT2D eigenvalue weighted by Crippen LogP contribution is 2.21. The van der Waals surface area contributed by atoms with Gasteiger partial charge in [0.15, 0.2) is 0 Å². The van der Waals surface area contributed by atoms with Crippen LogP contribution in [0.25, 0.3) is 0 Å². The number of hydrogen-bond donors (Lipinski definition) is 2. The summed E-state index contributed by atoms with van der Waals surface area (Å²) in [5.74, 6) is 0. The van der Waals surface area contributed by atoms with E-state index in [-0.39, 0.29) is 0 Å². The van der Waals surface area contributed by atoms with Crippen LogP contribution in [0.4, 0.5) is 5.69 Å². The third-order valence-corrected chi connectivity index (χ3v) is 3.18. The van der Waals surface area contributed by atoms with Crippen LogP contribution in [0.5, 0.6) is 0 Å². The van der Waals surface area contributed by atoms with Crippen LogP contribution < -0.4 is 11.1 Å². The predicted molar refractivity (Wildman–Crippen MR) is 83.8 cm³/mol. The van der Waals surface area contributed by atoms with Gasteiger partial charge in [0.1, 0.15) is 4.99 Å². The summed E-state index contributed by atoms with van der Waals surface area (Å²) in [4.78, 5) is 4.35. The molecule has 0 radical (unpaired) electrons. The summed E-state index contributed by atoms with van der Waals surface area (Å²) in [6, 6.07) is 9.44. The highest BCUT2D eigenvalue weighted by Gasteiger charge is 2.05. The van der Waals surface area contributed by atoms with Gasteiger partial charge in [-0.05, 0) is 42.3 Å². The third kappa shape index (κ3) is 3.91. The topological polar surface area (TPSA) is 50.9 Å². The van der Waals surface area contributed by atoms with Crippen LogP contribution in [-0.4, -0.2) is 16.5 Å². The van der Waals surface area contributed by atoms with E-state index in [1.807, 2.05) is 24.3 Å². The summed E-state index contributed by atoms with van der Waals surface area (Å²) >= 11 is 11.0. The van der Waals surface area contributed by atoms with Crippen LogP contribution in [0.2, 0.25) is 5.02 Å². The summed E-state index contributed by atoms with van der Waals surface area (Å²) in [5.41, 5.74) is 8.59. The number of rotatable bonds is 5. The van der Waals surface area contributed by atoms with Crippen LogP contribution >= 0.6 is 23.8 Å². The van der Waals surface area contributed by atoms with Gasteiger partial charge in [0.05, 0.1) is 0 Å². The van der Waals surface area contributed by atoms with Gasteiger partial charge in [0.2, 0.25) is 0 Å². The first kappa shape index (κ1) is 13.8. The lowest BCUT2D eigenvalue weighted by Crippen LogP contribution is -2.14. The average molecular weight is 292 g/mol. The summed E-state index contributed by atoms with van der Waals surface area (Å²) in [6.45, 7) is 0.778. The predicted octanol–water partition coefficient (Wildman–Crippen LogP) is 3.02. The molecule has 0 spiro atoms. The van der Waals surface area contributed by atoms with Crippen molar-refractivity contribution in [3.05, 3.63) is 58.9 Å². The SMILES string of the molecule is NC(=S)c1ccc(Cl)cc1NCCc1ccncc1. The Kier molecular flexibility index (Phi) is 4.71. The summed E-state index contributed by atoms with van der Waals surface area (Å²) < 4.78 is 0. The smallest absolute Gasteiger partial charge is 0.106 e. The van der Waals surface area contributed by atoms with Gasteiger partial charge in [-0.1, -0.05) is 23.8 Å². The Balaban J connectivity index is 2.03. The van der Waals surface area contributed by atoms with Gasteiger partial charge in [0, 0.05) is 35.2 Å². The molecule has 1 heterocycles. The second kappa shape index (κ2) is 6.50. The molecule has 0 fully saturated rings. The second-order valence-electron chi connectivity index (χ2n) is 4.09. The van der Waals surface area contributed by atoms with Crippen molar-refractivity contribution < 1.29 is 0 Å². The molecule has 19 heavy (non-hydrogen) atoms. The minimum absolute atomic E-state index is 0.364. The Bertz CT molecular complexity index is 572. The minimum Gasteiger partial charge on any atom is -0.389 e. The first-order valence-electron chi connectivity index (χ1n) is 5.89. The number of aromatic nitrogens is 1. The standard InChI is InChI=1S/C14H14ClN3S/c15-11-1-2-12(14(16)19)13(9-11)18-8-5-10-3-6-17-7-4-10/h1-4,6-7,9,18H,5,8H2,(H2,16,19). The molecular weight excluding hydrogens is 278 g/mol. The molecule has 98 valence electrons. The van der Waals surface area contributed by atoms with Crippen LogP contribution in [-0.2, 0) is 6.42 Å². The molecule has 0 saturated heterocycles. The van der Waals surface area contributed by atoms with E-state index >= 15 is 0 Å². The van der Waals surface area contributed by atoms with Crippen LogP contribution in [0, 0.1) is 0 Å². The van der Waals surface area contributed by atoms with E-state index in [1.165, 1.54) is 5.56 Å². The van der Waals surface area contributed by atoms with E-state index in [0.717, 1.165) is 24.2 Å². The summed E-state index contributed by atoms with van der Waals surface area (Å²) in [5, 5.41) is 3.97. The fourth-order valence-electron chi connectivity index (χ4n) is 1.77. The van der Waals surface area contributed by atoms with E-state index in [0.29, 0.717) is 10.0 Å². The number of hydrogen-bond acceptors (Lipinski definition) is 3. The largest absolute Gasteiger partial charge is 0.389 e. The van der Waals surface area contributed by atoms with Crippen molar-refractivity contribution in [1.29, 1.82) is 0 Å². The molecule has 1 aromatic carbocycles. The van der Waals surface area contributed by atoms with E-state index in [2.05, 4.69) is 10.3 Å². The number of pyridine rings is 1. The molecule has 0 saturated carbocycles. The van der Waals surface area contributed by atoms with E-state index in [4.69, 9.17) is 29.6 Å². The second-order valence-corrected chi connectivity index (χ2v) is 4.96. The fourth-order valence-corrected chi connectivity index (χ4v) is 2.12.